The number of hydrogen-bond donors (Lipinski definition) is 2. The Balaban J connectivity index is 1.76. The van der Waals surface area contributed by atoms with Crippen molar-refractivity contribution in [3.8, 4) is 0 Å². The van der Waals surface area contributed by atoms with Crippen LogP contribution in [0.2, 0.25) is 0 Å². The lowest BCUT2D eigenvalue weighted by Crippen LogP contribution is -2.31. The van der Waals surface area contributed by atoms with Crippen LogP contribution in [-0.4, -0.2) is 36.2 Å². The molecule has 0 aliphatic heterocycles. The Morgan fingerprint density at radius 2 is 1.70 bits per heavy atom. The standard InChI is InChI=1S/C19H18N4O6S/c1-11(17(24)21-12-7-9-13(10-8-12)30(20,27)28)29-19(26)16-14-5-3-4-6-15(14)18(25)23(2)22-16/h3-11H,1-2H3,(H,21,24)(H2,20,27,28)/t11-/m1/s1. The summed E-state index contributed by atoms with van der Waals surface area (Å²) in [4.78, 5) is 37.0. The van der Waals surface area contributed by atoms with E-state index in [-0.39, 0.29) is 16.1 Å². The van der Waals surface area contributed by atoms with Gasteiger partial charge in [-0.25, -0.2) is 23.0 Å². The second kappa shape index (κ2) is 8.05. The predicted molar refractivity (Wildman–Crippen MR) is 108 cm³/mol. The van der Waals surface area contributed by atoms with E-state index >= 15 is 0 Å². The highest BCUT2D eigenvalue weighted by molar-refractivity contribution is 7.89. The number of nitrogens with two attached hydrogens (primary N) is 1. The molecule has 30 heavy (non-hydrogen) atoms. The molecule has 1 aromatic heterocycles. The molecular formula is C19H18N4O6S. The van der Waals surface area contributed by atoms with Gasteiger partial charge < -0.3 is 10.1 Å². The van der Waals surface area contributed by atoms with Gasteiger partial charge in [-0.1, -0.05) is 18.2 Å². The Labute approximate surface area is 171 Å². The van der Waals surface area contributed by atoms with Gasteiger partial charge in [0.1, 0.15) is 0 Å². The maximum Gasteiger partial charge on any atom is 0.360 e. The number of rotatable bonds is 5. The van der Waals surface area contributed by atoms with Gasteiger partial charge in [0.2, 0.25) is 10.0 Å². The van der Waals surface area contributed by atoms with Crippen LogP contribution >= 0.6 is 0 Å². The van der Waals surface area contributed by atoms with Gasteiger partial charge in [-0.15, -0.1) is 0 Å². The Kier molecular flexibility index (Phi) is 5.67. The van der Waals surface area contributed by atoms with Crippen molar-refractivity contribution >= 4 is 38.4 Å². The highest BCUT2D eigenvalue weighted by Gasteiger charge is 2.23. The molecule has 3 aromatic rings. The molecule has 2 aromatic carbocycles. The van der Waals surface area contributed by atoms with Crippen LogP contribution in [0.1, 0.15) is 17.4 Å². The van der Waals surface area contributed by atoms with Crippen molar-refractivity contribution < 1.29 is 22.7 Å². The second-order valence-electron chi connectivity index (χ2n) is 6.43. The van der Waals surface area contributed by atoms with Crippen LogP contribution < -0.4 is 16.0 Å². The zero-order valence-corrected chi connectivity index (χ0v) is 16.8. The summed E-state index contributed by atoms with van der Waals surface area (Å²) in [6.45, 7) is 1.37. The van der Waals surface area contributed by atoms with Crippen molar-refractivity contribution in [1.29, 1.82) is 0 Å². The van der Waals surface area contributed by atoms with Gasteiger partial charge in [0.15, 0.2) is 11.8 Å². The third-order valence-electron chi connectivity index (χ3n) is 4.25. The number of ether oxygens (including phenoxy) is 1. The van der Waals surface area contributed by atoms with E-state index in [9.17, 15) is 22.8 Å². The Bertz CT molecular complexity index is 1300. The summed E-state index contributed by atoms with van der Waals surface area (Å²) in [5.74, 6) is -1.50. The number of carbonyl (C=O) groups is 2. The molecule has 1 heterocycles. The smallest absolute Gasteiger partial charge is 0.360 e. The van der Waals surface area contributed by atoms with E-state index in [1.165, 1.54) is 38.2 Å². The van der Waals surface area contributed by atoms with Gasteiger partial charge in [0, 0.05) is 18.1 Å². The fourth-order valence-electron chi connectivity index (χ4n) is 2.69. The highest BCUT2D eigenvalue weighted by Crippen LogP contribution is 2.16. The molecule has 0 aliphatic rings. The zero-order chi connectivity index (χ0) is 22.1. The minimum absolute atomic E-state index is 0.0927. The lowest BCUT2D eigenvalue weighted by atomic mass is 10.1. The summed E-state index contributed by atoms with van der Waals surface area (Å²) in [7, 11) is -2.44. The van der Waals surface area contributed by atoms with E-state index in [0.717, 1.165) is 4.68 Å². The minimum Gasteiger partial charge on any atom is -0.448 e. The van der Waals surface area contributed by atoms with Gasteiger partial charge in [-0.2, -0.15) is 5.10 Å². The Morgan fingerprint density at radius 1 is 1.10 bits per heavy atom. The SMILES string of the molecule is C[C@@H](OC(=O)c1nn(C)c(=O)c2ccccc12)C(=O)Nc1ccc(S(N)(=O)=O)cc1. The third kappa shape index (κ3) is 4.36. The van der Waals surface area contributed by atoms with Gasteiger partial charge in [0.05, 0.1) is 10.3 Å². The number of anilines is 1. The van der Waals surface area contributed by atoms with E-state index in [1.54, 1.807) is 24.3 Å². The van der Waals surface area contributed by atoms with Crippen LogP contribution in [0.25, 0.3) is 10.8 Å². The van der Waals surface area contributed by atoms with Crippen LogP contribution in [0.15, 0.2) is 58.2 Å². The van der Waals surface area contributed by atoms with Crippen molar-refractivity contribution in [1.82, 2.24) is 9.78 Å². The maximum absolute atomic E-state index is 12.6. The molecule has 1 atom stereocenters. The third-order valence-corrected chi connectivity index (χ3v) is 5.18. The van der Waals surface area contributed by atoms with Gasteiger partial charge in [-0.3, -0.25) is 9.59 Å². The summed E-state index contributed by atoms with van der Waals surface area (Å²) in [5.41, 5.74) is -0.165. The summed E-state index contributed by atoms with van der Waals surface area (Å²) in [5, 5.41) is 12.1. The first-order valence-corrected chi connectivity index (χ1v) is 10.2. The molecule has 3 N–H and O–H groups in total. The molecule has 0 bridgehead atoms. The van der Waals surface area contributed by atoms with Crippen LogP contribution in [0.3, 0.4) is 0 Å². The molecule has 0 unspecified atom stereocenters. The molecule has 11 heteroatoms. The molecule has 1 amide bonds. The molecule has 0 saturated carbocycles. The van der Waals surface area contributed by atoms with E-state index in [1.807, 2.05) is 0 Å². The number of esters is 1. The topological polar surface area (TPSA) is 150 Å². The average molecular weight is 430 g/mol. The van der Waals surface area contributed by atoms with Crippen molar-refractivity contribution in [2.75, 3.05) is 5.32 Å². The number of primary sulfonamides is 1. The number of nitrogens with zero attached hydrogens (tertiary/aromatic N) is 2. The first-order valence-electron chi connectivity index (χ1n) is 8.68. The zero-order valence-electron chi connectivity index (χ0n) is 16.0. The van der Waals surface area contributed by atoms with Crippen molar-refractivity contribution in [3.63, 3.8) is 0 Å². The molecule has 0 spiro atoms. The van der Waals surface area contributed by atoms with E-state index in [4.69, 9.17) is 9.88 Å². The highest BCUT2D eigenvalue weighted by atomic mass is 32.2. The number of carbonyl (C=O) groups excluding carboxylic acids is 2. The summed E-state index contributed by atoms with van der Waals surface area (Å²) in [6.07, 6.45) is -1.19. The lowest BCUT2D eigenvalue weighted by Gasteiger charge is -2.14. The number of fused-ring (bicyclic) bond motifs is 1. The van der Waals surface area contributed by atoms with Crippen molar-refractivity contribution in [3.05, 3.63) is 64.6 Å². The molecule has 0 fully saturated rings. The first kappa shape index (κ1) is 21.1. The monoisotopic (exact) mass is 430 g/mol. The molecule has 10 nitrogen and oxygen atoms in total. The molecule has 0 aliphatic carbocycles. The summed E-state index contributed by atoms with van der Waals surface area (Å²) >= 11 is 0. The molecule has 3 rings (SSSR count). The number of aryl methyl sites for hydroxylation is 1. The van der Waals surface area contributed by atoms with Gasteiger partial charge in [-0.05, 0) is 37.3 Å². The molecular weight excluding hydrogens is 412 g/mol. The van der Waals surface area contributed by atoms with E-state index in [2.05, 4.69) is 10.4 Å². The van der Waals surface area contributed by atoms with Crippen LogP contribution in [0, 0.1) is 0 Å². The number of sulfonamides is 1. The first-order chi connectivity index (χ1) is 14.1. The number of amides is 1. The number of nitrogens with one attached hydrogen (secondary N) is 1. The lowest BCUT2D eigenvalue weighted by molar-refractivity contribution is -0.123. The molecule has 0 radical (unpaired) electrons. The fourth-order valence-corrected chi connectivity index (χ4v) is 3.21. The van der Waals surface area contributed by atoms with Gasteiger partial charge in [0.25, 0.3) is 11.5 Å². The second-order valence-corrected chi connectivity index (χ2v) is 7.99. The van der Waals surface area contributed by atoms with Crippen molar-refractivity contribution in [2.24, 2.45) is 12.2 Å². The predicted octanol–water partition coefficient (Wildman–Crippen LogP) is 0.765. The Morgan fingerprint density at radius 3 is 2.30 bits per heavy atom. The molecule has 156 valence electrons. The minimum atomic E-state index is -3.85. The maximum atomic E-state index is 12.6. The number of hydrogen-bond acceptors (Lipinski definition) is 7. The number of benzene rings is 2. The van der Waals surface area contributed by atoms with Crippen LogP contribution in [0.4, 0.5) is 5.69 Å². The largest absolute Gasteiger partial charge is 0.448 e. The van der Waals surface area contributed by atoms with Crippen molar-refractivity contribution in [2.45, 2.75) is 17.9 Å². The normalized spacial score (nSPS) is 12.4. The Hall–Kier alpha value is -3.57. The molecule has 0 saturated heterocycles. The van der Waals surface area contributed by atoms with E-state index < -0.39 is 28.0 Å². The number of aromatic nitrogens is 2. The fraction of sp³-hybridized carbons (Fsp3) is 0.158. The van der Waals surface area contributed by atoms with Crippen LogP contribution in [-0.2, 0) is 26.6 Å². The quantitative estimate of drug-likeness (QED) is 0.567. The summed E-state index contributed by atoms with van der Waals surface area (Å²) in [6, 6.07) is 11.6. The van der Waals surface area contributed by atoms with Crippen LogP contribution in [0.5, 0.6) is 0 Å². The van der Waals surface area contributed by atoms with E-state index in [0.29, 0.717) is 16.5 Å². The summed E-state index contributed by atoms with van der Waals surface area (Å²) < 4.78 is 28.8. The average Bonchev–Trinajstić information content (AvgIpc) is 2.70. The van der Waals surface area contributed by atoms with Gasteiger partial charge >= 0.3 is 5.97 Å².